The van der Waals surface area contributed by atoms with Crippen molar-refractivity contribution in [3.63, 3.8) is 0 Å². The molecule has 5 nitrogen and oxygen atoms in total. The topological polar surface area (TPSA) is 40.9 Å². The molecule has 1 aliphatic heterocycles. The minimum Gasteiger partial charge on any atom is -0.390 e. The highest BCUT2D eigenvalue weighted by molar-refractivity contribution is 5.17. The lowest BCUT2D eigenvalue weighted by Crippen LogP contribution is -2.43. The Balaban J connectivity index is 1.43. The molecule has 0 amide bonds. The van der Waals surface area contributed by atoms with E-state index in [9.17, 15) is 5.11 Å². The van der Waals surface area contributed by atoms with E-state index in [1.54, 1.807) is 0 Å². The molecule has 1 N–H and O–H groups in total. The van der Waals surface area contributed by atoms with Gasteiger partial charge in [-0.25, -0.2) is 0 Å². The molecule has 0 bridgehead atoms. The zero-order valence-corrected chi connectivity index (χ0v) is 15.1. The third-order valence-electron chi connectivity index (χ3n) is 4.57. The van der Waals surface area contributed by atoms with E-state index in [1.807, 2.05) is 6.07 Å². The molecule has 1 saturated heterocycles. The Labute approximate surface area is 150 Å². The number of likely N-dealkylation sites (N-methyl/N-ethyl adjacent to an activating group) is 1. The SMILES string of the molecule is CN(Cc1ccn(Cc2ccccc2)c1)CC(O)CN1CCOCC1. The first-order chi connectivity index (χ1) is 12.2. The summed E-state index contributed by atoms with van der Waals surface area (Å²) in [6, 6.07) is 12.6. The van der Waals surface area contributed by atoms with Crippen LogP contribution in [0.3, 0.4) is 0 Å². The number of ether oxygens (including phenoxy) is 1. The fourth-order valence-corrected chi connectivity index (χ4v) is 3.35. The van der Waals surface area contributed by atoms with Gasteiger partial charge in [-0.15, -0.1) is 0 Å². The molecule has 3 rings (SSSR count). The Morgan fingerprint density at radius 1 is 1.12 bits per heavy atom. The summed E-state index contributed by atoms with van der Waals surface area (Å²) in [4.78, 5) is 4.46. The van der Waals surface area contributed by atoms with Gasteiger partial charge in [-0.2, -0.15) is 0 Å². The van der Waals surface area contributed by atoms with Crippen molar-refractivity contribution in [1.82, 2.24) is 14.4 Å². The third-order valence-corrected chi connectivity index (χ3v) is 4.57. The lowest BCUT2D eigenvalue weighted by molar-refractivity contribution is 0.00825. The first kappa shape index (κ1) is 18.1. The molecule has 2 heterocycles. The van der Waals surface area contributed by atoms with Crippen molar-refractivity contribution in [2.24, 2.45) is 0 Å². The zero-order valence-electron chi connectivity index (χ0n) is 15.1. The van der Waals surface area contributed by atoms with Crippen molar-refractivity contribution in [3.05, 3.63) is 59.9 Å². The summed E-state index contributed by atoms with van der Waals surface area (Å²) in [7, 11) is 2.07. The van der Waals surface area contributed by atoms with Gasteiger partial charge in [0.2, 0.25) is 0 Å². The van der Waals surface area contributed by atoms with E-state index in [4.69, 9.17) is 4.74 Å². The van der Waals surface area contributed by atoms with Gasteiger partial charge in [0.05, 0.1) is 19.3 Å². The summed E-state index contributed by atoms with van der Waals surface area (Å²) >= 11 is 0. The van der Waals surface area contributed by atoms with Crippen LogP contribution in [0.25, 0.3) is 0 Å². The van der Waals surface area contributed by atoms with Gasteiger partial charge >= 0.3 is 0 Å². The monoisotopic (exact) mass is 343 g/mol. The Morgan fingerprint density at radius 2 is 1.88 bits per heavy atom. The van der Waals surface area contributed by atoms with Crippen LogP contribution in [0.4, 0.5) is 0 Å². The summed E-state index contributed by atoms with van der Waals surface area (Å²) in [6.45, 7) is 6.54. The normalized spacial score (nSPS) is 17.1. The lowest BCUT2D eigenvalue weighted by atomic mass is 10.2. The first-order valence-corrected chi connectivity index (χ1v) is 9.04. The molecule has 0 spiro atoms. The van der Waals surface area contributed by atoms with E-state index in [-0.39, 0.29) is 6.10 Å². The highest BCUT2D eigenvalue weighted by Crippen LogP contribution is 2.09. The molecular formula is C20H29N3O2. The number of morpholine rings is 1. The summed E-state index contributed by atoms with van der Waals surface area (Å²) in [5, 5.41) is 10.3. The molecule has 1 aromatic heterocycles. The smallest absolute Gasteiger partial charge is 0.0793 e. The van der Waals surface area contributed by atoms with Crippen molar-refractivity contribution in [3.8, 4) is 0 Å². The number of β-amino-alcohol motifs (C(OH)–C–C–N with tert-alkyl or cyclic N) is 1. The molecule has 1 aliphatic rings. The Bertz CT molecular complexity index is 623. The molecule has 1 fully saturated rings. The van der Waals surface area contributed by atoms with Gasteiger partial charge in [0, 0.05) is 51.7 Å². The maximum Gasteiger partial charge on any atom is 0.0793 e. The number of hydrogen-bond acceptors (Lipinski definition) is 4. The summed E-state index contributed by atoms with van der Waals surface area (Å²) < 4.78 is 7.56. The second-order valence-electron chi connectivity index (χ2n) is 6.94. The average molecular weight is 343 g/mol. The number of nitrogens with zero attached hydrogens (tertiary/aromatic N) is 3. The second kappa shape index (κ2) is 9.15. The van der Waals surface area contributed by atoms with Crippen molar-refractivity contribution in [2.75, 3.05) is 46.4 Å². The van der Waals surface area contributed by atoms with Crippen LogP contribution in [-0.2, 0) is 17.8 Å². The van der Waals surface area contributed by atoms with Crippen molar-refractivity contribution in [1.29, 1.82) is 0 Å². The first-order valence-electron chi connectivity index (χ1n) is 9.04. The standard InChI is InChI=1S/C20H29N3O2/c1-21(16-20(24)17-22-9-11-25-12-10-22)13-19-7-8-23(15-19)14-18-5-3-2-4-6-18/h2-8,15,20,24H,9-14,16-17H2,1H3. The molecule has 0 aliphatic carbocycles. The molecule has 0 saturated carbocycles. The highest BCUT2D eigenvalue weighted by atomic mass is 16.5. The van der Waals surface area contributed by atoms with Gasteiger partial charge < -0.3 is 14.4 Å². The predicted octanol–water partition coefficient (Wildman–Crippen LogP) is 1.66. The molecular weight excluding hydrogens is 314 g/mol. The van der Waals surface area contributed by atoms with Gasteiger partial charge in [0.1, 0.15) is 0 Å². The van der Waals surface area contributed by atoms with E-state index in [2.05, 4.69) is 64.1 Å². The lowest BCUT2D eigenvalue weighted by Gasteiger charge is -2.30. The molecule has 1 unspecified atom stereocenters. The second-order valence-corrected chi connectivity index (χ2v) is 6.94. The van der Waals surface area contributed by atoms with Gasteiger partial charge in [0.15, 0.2) is 0 Å². The van der Waals surface area contributed by atoms with Crippen LogP contribution >= 0.6 is 0 Å². The molecule has 1 aromatic carbocycles. The third kappa shape index (κ3) is 5.97. The van der Waals surface area contributed by atoms with E-state index in [0.29, 0.717) is 6.54 Å². The zero-order chi connectivity index (χ0) is 17.5. The quantitative estimate of drug-likeness (QED) is 0.791. The van der Waals surface area contributed by atoms with Crippen LogP contribution in [-0.4, -0.2) is 72.0 Å². The van der Waals surface area contributed by atoms with Crippen LogP contribution in [0.1, 0.15) is 11.1 Å². The Morgan fingerprint density at radius 3 is 2.64 bits per heavy atom. The fourth-order valence-electron chi connectivity index (χ4n) is 3.35. The van der Waals surface area contributed by atoms with Crippen LogP contribution in [0, 0.1) is 0 Å². The van der Waals surface area contributed by atoms with Crippen molar-refractivity contribution in [2.45, 2.75) is 19.2 Å². The van der Waals surface area contributed by atoms with Crippen LogP contribution in [0.5, 0.6) is 0 Å². The Hall–Kier alpha value is -1.66. The van der Waals surface area contributed by atoms with E-state index in [0.717, 1.165) is 45.9 Å². The van der Waals surface area contributed by atoms with Crippen molar-refractivity contribution >= 4 is 0 Å². The number of aromatic nitrogens is 1. The summed E-state index contributed by atoms with van der Waals surface area (Å²) in [5.74, 6) is 0. The van der Waals surface area contributed by atoms with Crippen LogP contribution in [0.2, 0.25) is 0 Å². The van der Waals surface area contributed by atoms with Crippen LogP contribution in [0.15, 0.2) is 48.8 Å². The maximum absolute atomic E-state index is 10.3. The molecule has 5 heteroatoms. The van der Waals surface area contributed by atoms with E-state index in [1.165, 1.54) is 11.1 Å². The van der Waals surface area contributed by atoms with Crippen molar-refractivity contribution < 1.29 is 9.84 Å². The fraction of sp³-hybridized carbons (Fsp3) is 0.500. The summed E-state index contributed by atoms with van der Waals surface area (Å²) in [5.41, 5.74) is 2.58. The molecule has 25 heavy (non-hydrogen) atoms. The minimum atomic E-state index is -0.325. The number of aliphatic hydroxyl groups excluding tert-OH is 1. The van der Waals surface area contributed by atoms with Gasteiger partial charge in [-0.05, 0) is 24.2 Å². The molecule has 136 valence electrons. The Kier molecular flexibility index (Phi) is 6.64. The number of rotatable bonds is 8. The largest absolute Gasteiger partial charge is 0.390 e. The van der Waals surface area contributed by atoms with Gasteiger partial charge in [0.25, 0.3) is 0 Å². The molecule has 2 aromatic rings. The predicted molar refractivity (Wildman–Crippen MR) is 99.6 cm³/mol. The average Bonchev–Trinajstić information content (AvgIpc) is 3.03. The number of hydrogen-bond donors (Lipinski definition) is 1. The minimum absolute atomic E-state index is 0.325. The highest BCUT2D eigenvalue weighted by Gasteiger charge is 2.16. The van der Waals surface area contributed by atoms with E-state index >= 15 is 0 Å². The van der Waals surface area contributed by atoms with Crippen LogP contribution < -0.4 is 0 Å². The maximum atomic E-state index is 10.3. The van der Waals surface area contributed by atoms with E-state index < -0.39 is 0 Å². The van der Waals surface area contributed by atoms with Gasteiger partial charge in [-0.1, -0.05) is 30.3 Å². The molecule has 0 radical (unpaired) electrons. The summed E-state index contributed by atoms with van der Waals surface area (Å²) in [6.07, 6.45) is 3.99. The number of benzene rings is 1. The number of aliphatic hydroxyl groups is 1. The van der Waals surface area contributed by atoms with Gasteiger partial charge in [-0.3, -0.25) is 9.80 Å². The molecule has 1 atom stereocenters.